The maximum atomic E-state index is 11.6. The molecule has 1 rings (SSSR count). The smallest absolute Gasteiger partial charge is 0.270 e. The van der Waals surface area contributed by atoms with Crippen LogP contribution in [-0.4, -0.2) is 15.5 Å². The highest BCUT2D eigenvalue weighted by Crippen LogP contribution is 2.26. The molecule has 0 saturated heterocycles. The van der Waals surface area contributed by atoms with Gasteiger partial charge in [-0.1, -0.05) is 77.8 Å². The molecule has 0 heterocycles. The third-order valence-corrected chi connectivity index (χ3v) is 6.14. The first kappa shape index (κ1) is 21.2. The largest absolute Gasteiger partial charge is 0.296 e. The van der Waals surface area contributed by atoms with E-state index >= 15 is 0 Å². The molecule has 0 aliphatic carbocycles. The molecule has 0 spiro atoms. The van der Waals surface area contributed by atoms with Gasteiger partial charge in [-0.15, -0.1) is 0 Å². The van der Waals surface area contributed by atoms with E-state index in [-0.39, 0.29) is 4.90 Å². The number of hydrogen-bond donors (Lipinski definition) is 0. The van der Waals surface area contributed by atoms with E-state index in [4.69, 9.17) is 0 Å². The van der Waals surface area contributed by atoms with Crippen LogP contribution in [0.4, 0.5) is 0 Å². The molecule has 0 aliphatic rings. The highest BCUT2D eigenvalue weighted by molar-refractivity contribution is 7.86. The van der Waals surface area contributed by atoms with Crippen molar-refractivity contribution in [3.63, 3.8) is 0 Å². The second-order valence-electron chi connectivity index (χ2n) is 6.98. The molecule has 0 amide bonds. The second kappa shape index (κ2) is 10.9. The van der Waals surface area contributed by atoms with Crippen LogP contribution in [0, 0.1) is 5.92 Å². The van der Waals surface area contributed by atoms with E-state index < -0.39 is 10.1 Å². The Bertz CT molecular complexity index is 549. The quantitative estimate of drug-likeness (QED) is 0.346. The van der Waals surface area contributed by atoms with Crippen molar-refractivity contribution in [2.45, 2.75) is 83.0 Å². The summed E-state index contributed by atoms with van der Waals surface area (Å²) in [5, 5.41) is 0. The van der Waals surface area contributed by atoms with Crippen molar-refractivity contribution in [3.05, 3.63) is 29.8 Å². The van der Waals surface area contributed by atoms with Crippen molar-refractivity contribution in [2.75, 3.05) is 7.11 Å². The molecule has 1 aromatic rings. The lowest BCUT2D eigenvalue weighted by Crippen LogP contribution is -2.04. The van der Waals surface area contributed by atoms with Gasteiger partial charge in [0.15, 0.2) is 0 Å². The van der Waals surface area contributed by atoms with Crippen LogP contribution in [0.2, 0.25) is 0 Å². The van der Waals surface area contributed by atoms with Crippen molar-refractivity contribution in [1.82, 2.24) is 0 Å². The molecule has 0 fully saturated rings. The fraction of sp³-hybridized carbons (Fsp3) is 0.700. The van der Waals surface area contributed by atoms with Gasteiger partial charge in [0.2, 0.25) is 0 Å². The molecular formula is C20H34O3S. The van der Waals surface area contributed by atoms with Crippen LogP contribution in [0.3, 0.4) is 0 Å². The molecule has 2 unspecified atom stereocenters. The first-order valence-electron chi connectivity index (χ1n) is 9.31. The highest BCUT2D eigenvalue weighted by Gasteiger charge is 2.14. The van der Waals surface area contributed by atoms with E-state index in [0.717, 1.165) is 12.3 Å². The maximum absolute atomic E-state index is 11.6. The van der Waals surface area contributed by atoms with Gasteiger partial charge in [-0.3, -0.25) is 4.18 Å². The van der Waals surface area contributed by atoms with Crippen LogP contribution < -0.4 is 0 Å². The van der Waals surface area contributed by atoms with Gasteiger partial charge in [0.05, 0.1) is 12.0 Å². The van der Waals surface area contributed by atoms with Gasteiger partial charge in [-0.05, 0) is 36.0 Å². The lowest BCUT2D eigenvalue weighted by Gasteiger charge is -2.16. The molecule has 0 N–H and O–H groups in total. The Morgan fingerprint density at radius 1 is 0.917 bits per heavy atom. The summed E-state index contributed by atoms with van der Waals surface area (Å²) < 4.78 is 27.8. The van der Waals surface area contributed by atoms with Crippen LogP contribution in [0.15, 0.2) is 29.2 Å². The van der Waals surface area contributed by atoms with E-state index in [1.54, 1.807) is 12.1 Å². The van der Waals surface area contributed by atoms with Crippen molar-refractivity contribution >= 4 is 10.1 Å². The zero-order valence-electron chi connectivity index (χ0n) is 15.8. The first-order chi connectivity index (χ1) is 11.4. The molecule has 4 heteroatoms. The summed E-state index contributed by atoms with van der Waals surface area (Å²) >= 11 is 0. The van der Waals surface area contributed by atoms with Gasteiger partial charge in [0.25, 0.3) is 10.1 Å². The van der Waals surface area contributed by atoms with Gasteiger partial charge in [0.1, 0.15) is 0 Å². The minimum Gasteiger partial charge on any atom is -0.270 e. The summed E-state index contributed by atoms with van der Waals surface area (Å²) in [4.78, 5) is 0.224. The van der Waals surface area contributed by atoms with Crippen molar-refractivity contribution < 1.29 is 12.6 Å². The standard InChI is InChI=1S/C20H34O3S/c1-5-6-7-8-9-10-17(2)11-12-18(3)19-13-15-20(16-14-19)24(21,22)23-4/h13-18H,5-12H2,1-4H3. The Balaban J connectivity index is 2.38. The van der Waals surface area contributed by atoms with Gasteiger partial charge < -0.3 is 0 Å². The highest BCUT2D eigenvalue weighted by atomic mass is 32.2. The average molecular weight is 355 g/mol. The monoisotopic (exact) mass is 354 g/mol. The Hall–Kier alpha value is -0.870. The number of rotatable bonds is 12. The van der Waals surface area contributed by atoms with Crippen molar-refractivity contribution in [2.24, 2.45) is 5.92 Å². The average Bonchev–Trinajstić information content (AvgIpc) is 2.59. The van der Waals surface area contributed by atoms with Crippen molar-refractivity contribution in [1.29, 1.82) is 0 Å². The maximum Gasteiger partial charge on any atom is 0.296 e. The summed E-state index contributed by atoms with van der Waals surface area (Å²) in [6.45, 7) is 6.82. The van der Waals surface area contributed by atoms with Gasteiger partial charge in [-0.25, -0.2) is 0 Å². The third-order valence-electron chi connectivity index (χ3n) is 4.85. The Morgan fingerprint density at radius 3 is 2.12 bits per heavy atom. The van der Waals surface area contributed by atoms with Gasteiger partial charge in [-0.2, -0.15) is 8.42 Å². The van der Waals surface area contributed by atoms with E-state index in [1.807, 2.05) is 12.1 Å². The molecule has 0 aromatic heterocycles. The molecule has 24 heavy (non-hydrogen) atoms. The van der Waals surface area contributed by atoms with Crippen LogP contribution in [-0.2, 0) is 14.3 Å². The summed E-state index contributed by atoms with van der Waals surface area (Å²) in [5.41, 5.74) is 1.19. The molecular weight excluding hydrogens is 320 g/mol. The van der Waals surface area contributed by atoms with E-state index in [9.17, 15) is 8.42 Å². The summed E-state index contributed by atoms with van der Waals surface area (Å²) in [5.74, 6) is 1.22. The van der Waals surface area contributed by atoms with E-state index in [2.05, 4.69) is 25.0 Å². The van der Waals surface area contributed by atoms with Crippen LogP contribution >= 0.6 is 0 Å². The molecule has 138 valence electrons. The fourth-order valence-corrected chi connectivity index (χ4v) is 3.66. The Morgan fingerprint density at radius 2 is 1.54 bits per heavy atom. The molecule has 2 atom stereocenters. The Kier molecular flexibility index (Phi) is 9.60. The van der Waals surface area contributed by atoms with Crippen LogP contribution in [0.25, 0.3) is 0 Å². The summed E-state index contributed by atoms with van der Waals surface area (Å²) in [6, 6.07) is 7.10. The van der Waals surface area contributed by atoms with Gasteiger partial charge in [0, 0.05) is 0 Å². The lowest BCUT2D eigenvalue weighted by molar-refractivity contribution is 0.397. The van der Waals surface area contributed by atoms with Crippen LogP contribution in [0.5, 0.6) is 0 Å². The number of unbranched alkanes of at least 4 members (excludes halogenated alkanes) is 4. The van der Waals surface area contributed by atoms with Gasteiger partial charge >= 0.3 is 0 Å². The lowest BCUT2D eigenvalue weighted by atomic mass is 9.90. The van der Waals surface area contributed by atoms with Crippen LogP contribution in [0.1, 0.15) is 83.6 Å². The number of benzene rings is 1. The summed E-state index contributed by atoms with van der Waals surface area (Å²) in [6.07, 6.45) is 10.4. The third kappa shape index (κ3) is 7.35. The second-order valence-corrected chi connectivity index (χ2v) is 8.69. The summed E-state index contributed by atoms with van der Waals surface area (Å²) in [7, 11) is -2.39. The molecule has 1 aromatic carbocycles. The Labute approximate surface area is 148 Å². The normalized spacial score (nSPS) is 14.5. The topological polar surface area (TPSA) is 43.4 Å². The number of hydrogen-bond acceptors (Lipinski definition) is 3. The molecule has 0 saturated carbocycles. The predicted octanol–water partition coefficient (Wildman–Crippen LogP) is 5.90. The predicted molar refractivity (Wildman–Crippen MR) is 101 cm³/mol. The minimum absolute atomic E-state index is 0.224. The SMILES string of the molecule is CCCCCCCC(C)CCC(C)c1ccc(S(=O)(=O)OC)cc1. The van der Waals surface area contributed by atoms with E-state index in [0.29, 0.717) is 5.92 Å². The molecule has 0 bridgehead atoms. The molecule has 0 radical (unpaired) electrons. The minimum atomic E-state index is -3.58. The molecule has 0 aliphatic heterocycles. The van der Waals surface area contributed by atoms with Crippen molar-refractivity contribution in [3.8, 4) is 0 Å². The van der Waals surface area contributed by atoms with E-state index in [1.165, 1.54) is 57.6 Å². The molecule has 3 nitrogen and oxygen atoms in total. The zero-order valence-corrected chi connectivity index (χ0v) is 16.6. The fourth-order valence-electron chi connectivity index (χ4n) is 3.00. The zero-order chi connectivity index (χ0) is 18.0. The first-order valence-corrected chi connectivity index (χ1v) is 10.7.